The molecule has 4 aliphatic rings. The van der Waals surface area contributed by atoms with E-state index in [4.69, 9.17) is 9.73 Å². The smallest absolute Gasteiger partial charge is 0.223 e. The quantitative estimate of drug-likeness (QED) is 0.575. The molecule has 37 heavy (non-hydrogen) atoms. The van der Waals surface area contributed by atoms with Gasteiger partial charge in [-0.15, -0.1) is 0 Å². The summed E-state index contributed by atoms with van der Waals surface area (Å²) in [6.07, 6.45) is 7.62. The van der Waals surface area contributed by atoms with Gasteiger partial charge in [-0.2, -0.15) is 0 Å². The highest BCUT2D eigenvalue weighted by Crippen LogP contribution is 2.43. The van der Waals surface area contributed by atoms with E-state index in [0.717, 1.165) is 62.2 Å². The lowest BCUT2D eigenvalue weighted by molar-refractivity contribution is -0.133. The number of benzene rings is 1. The molecule has 0 saturated carbocycles. The number of ether oxygens (including phenoxy) is 1. The third-order valence-corrected chi connectivity index (χ3v) is 8.87. The minimum absolute atomic E-state index is 0.215. The fourth-order valence-electron chi connectivity index (χ4n) is 6.95. The monoisotopic (exact) mass is 502 g/mol. The number of pyridine rings is 1. The predicted molar refractivity (Wildman–Crippen MR) is 141 cm³/mol. The number of carbonyl (C=O) groups is 1. The van der Waals surface area contributed by atoms with Crippen LogP contribution < -0.4 is 4.74 Å². The van der Waals surface area contributed by atoms with Gasteiger partial charge in [-0.05, 0) is 80.4 Å². The number of piperidine rings is 1. The zero-order chi connectivity index (χ0) is 25.5. The van der Waals surface area contributed by atoms with Crippen molar-refractivity contribution < 1.29 is 13.9 Å². The van der Waals surface area contributed by atoms with Crippen LogP contribution in [0.2, 0.25) is 0 Å². The summed E-state index contributed by atoms with van der Waals surface area (Å²) in [6.45, 7) is 4.69. The molecule has 1 aromatic carbocycles. The van der Waals surface area contributed by atoms with Gasteiger partial charge in [0.05, 0.1) is 19.4 Å². The molecule has 2 saturated heterocycles. The molecule has 6 nitrogen and oxygen atoms in total. The number of aromatic nitrogens is 1. The second kappa shape index (κ2) is 10.0. The van der Waals surface area contributed by atoms with Gasteiger partial charge in [0.1, 0.15) is 11.6 Å². The summed E-state index contributed by atoms with van der Waals surface area (Å²) >= 11 is 0. The summed E-state index contributed by atoms with van der Waals surface area (Å²) in [7, 11) is 1.60. The van der Waals surface area contributed by atoms with Crippen LogP contribution in [-0.2, 0) is 11.3 Å². The summed E-state index contributed by atoms with van der Waals surface area (Å²) < 4.78 is 20.2. The minimum Gasteiger partial charge on any atom is -0.496 e. The van der Waals surface area contributed by atoms with Gasteiger partial charge in [0.25, 0.3) is 0 Å². The molecule has 2 aromatic rings. The summed E-state index contributed by atoms with van der Waals surface area (Å²) in [5.74, 6) is 0.933. The Bertz CT molecular complexity index is 1270. The van der Waals surface area contributed by atoms with E-state index in [0.29, 0.717) is 48.8 Å². The van der Waals surface area contributed by atoms with Crippen molar-refractivity contribution in [1.82, 2.24) is 14.8 Å². The van der Waals surface area contributed by atoms with E-state index in [1.807, 2.05) is 30.2 Å². The Balaban J connectivity index is 1.14. The number of aryl methyl sites for hydroxylation is 1. The first-order chi connectivity index (χ1) is 18.0. The van der Waals surface area contributed by atoms with Crippen molar-refractivity contribution >= 4 is 11.6 Å². The first-order valence-electron chi connectivity index (χ1n) is 13.6. The van der Waals surface area contributed by atoms with Crippen molar-refractivity contribution in [1.29, 1.82) is 0 Å². The van der Waals surface area contributed by atoms with Gasteiger partial charge in [-0.25, -0.2) is 4.39 Å². The molecule has 4 aliphatic heterocycles. The molecule has 5 heterocycles. The van der Waals surface area contributed by atoms with Crippen LogP contribution in [-0.4, -0.2) is 65.2 Å². The van der Waals surface area contributed by atoms with E-state index < -0.39 is 0 Å². The van der Waals surface area contributed by atoms with Gasteiger partial charge in [-0.3, -0.25) is 19.7 Å². The van der Waals surface area contributed by atoms with Crippen LogP contribution in [0.3, 0.4) is 0 Å². The normalized spacial score (nSPS) is 25.3. The van der Waals surface area contributed by atoms with E-state index in [-0.39, 0.29) is 11.7 Å². The maximum absolute atomic E-state index is 14.7. The molecule has 1 aromatic heterocycles. The Morgan fingerprint density at radius 3 is 2.89 bits per heavy atom. The standard InChI is InChI=1S/C30H35FN4O2/c1-19-14-21(10-12-32-19)30-24-17-34(13-11-22(24)16-33-30)29(36)15-20-6-7-23-8-9-27(20)35(23)18-25-26(31)4-3-5-28(25)37-2/h3-5,10,12,14,20,23,27H,6-9,11,13,15-18H2,1-2H3/t20-,23-,27-/m0/s1. The topological polar surface area (TPSA) is 58.0 Å². The van der Waals surface area contributed by atoms with Crippen molar-refractivity contribution in [3.8, 4) is 5.75 Å². The Kier molecular flexibility index (Phi) is 6.57. The van der Waals surface area contributed by atoms with Crippen LogP contribution >= 0.6 is 0 Å². The highest BCUT2D eigenvalue weighted by atomic mass is 19.1. The van der Waals surface area contributed by atoms with E-state index >= 15 is 0 Å². The van der Waals surface area contributed by atoms with Gasteiger partial charge >= 0.3 is 0 Å². The van der Waals surface area contributed by atoms with Crippen LogP contribution in [0.15, 0.2) is 52.7 Å². The summed E-state index contributed by atoms with van der Waals surface area (Å²) in [5, 5.41) is 0. The third-order valence-electron chi connectivity index (χ3n) is 8.87. The number of aliphatic imine (C=N–C) groups is 1. The van der Waals surface area contributed by atoms with Crippen molar-refractivity contribution in [3.63, 3.8) is 0 Å². The molecule has 2 bridgehead atoms. The fourth-order valence-corrected chi connectivity index (χ4v) is 6.95. The number of carbonyl (C=O) groups excluding carboxylic acids is 1. The highest BCUT2D eigenvalue weighted by molar-refractivity contribution is 6.15. The molecule has 0 spiro atoms. The number of fused-ring (bicyclic) bond motifs is 2. The minimum atomic E-state index is -0.215. The fraction of sp³-hybridized carbons (Fsp3) is 0.500. The Morgan fingerprint density at radius 2 is 2.05 bits per heavy atom. The molecule has 0 N–H and O–H groups in total. The van der Waals surface area contributed by atoms with Crippen molar-refractivity contribution in [2.75, 3.05) is 26.7 Å². The molecule has 7 heteroatoms. The Morgan fingerprint density at radius 1 is 1.19 bits per heavy atom. The number of hydrogen-bond donors (Lipinski definition) is 0. The van der Waals surface area contributed by atoms with Gasteiger partial charge in [0.15, 0.2) is 0 Å². The first kappa shape index (κ1) is 24.3. The zero-order valence-electron chi connectivity index (χ0n) is 21.8. The van der Waals surface area contributed by atoms with Crippen LogP contribution in [0.5, 0.6) is 5.75 Å². The molecule has 2 fully saturated rings. The maximum Gasteiger partial charge on any atom is 0.223 e. The Labute approximate surface area is 218 Å². The molecular formula is C30H35FN4O2. The van der Waals surface area contributed by atoms with Gasteiger partial charge in [-0.1, -0.05) is 6.07 Å². The van der Waals surface area contributed by atoms with E-state index in [9.17, 15) is 9.18 Å². The molecular weight excluding hydrogens is 467 g/mol. The molecule has 0 radical (unpaired) electrons. The van der Waals surface area contributed by atoms with Crippen molar-refractivity contribution in [2.45, 2.75) is 64.1 Å². The zero-order valence-corrected chi connectivity index (χ0v) is 21.8. The van der Waals surface area contributed by atoms with E-state index in [1.165, 1.54) is 17.2 Å². The summed E-state index contributed by atoms with van der Waals surface area (Å²) in [4.78, 5) is 27.2. The van der Waals surface area contributed by atoms with Crippen molar-refractivity contribution in [3.05, 3.63) is 70.3 Å². The van der Waals surface area contributed by atoms with Gasteiger partial charge < -0.3 is 9.64 Å². The SMILES string of the molecule is COc1cccc(F)c1CN1[C@H]2CC[C@@H](CC(=O)N3CCC4=C(C3)C(c3ccnc(C)c3)=NC4)[C@@H]1CC2. The largest absolute Gasteiger partial charge is 0.496 e. The number of rotatable bonds is 6. The number of methoxy groups -OCH3 is 1. The maximum atomic E-state index is 14.7. The first-order valence-corrected chi connectivity index (χ1v) is 13.6. The molecule has 0 aliphatic carbocycles. The number of hydrogen-bond acceptors (Lipinski definition) is 5. The lowest BCUT2D eigenvalue weighted by atomic mass is 9.86. The van der Waals surface area contributed by atoms with Crippen LogP contribution in [0, 0.1) is 18.7 Å². The molecule has 3 atom stereocenters. The van der Waals surface area contributed by atoms with Crippen LogP contribution in [0.25, 0.3) is 0 Å². The van der Waals surface area contributed by atoms with E-state index in [2.05, 4.69) is 16.0 Å². The average Bonchev–Trinajstić information content (AvgIpc) is 3.45. The molecule has 194 valence electrons. The summed E-state index contributed by atoms with van der Waals surface area (Å²) in [5.41, 5.74) is 6.32. The lowest BCUT2D eigenvalue weighted by Crippen LogP contribution is -2.46. The van der Waals surface area contributed by atoms with Crippen molar-refractivity contribution in [2.24, 2.45) is 10.9 Å². The number of amides is 1. The average molecular weight is 503 g/mol. The third kappa shape index (κ3) is 4.58. The van der Waals surface area contributed by atoms with Crippen LogP contribution in [0.1, 0.15) is 55.3 Å². The molecule has 1 amide bonds. The lowest BCUT2D eigenvalue weighted by Gasteiger charge is -2.41. The summed E-state index contributed by atoms with van der Waals surface area (Å²) in [6, 6.07) is 9.91. The van der Waals surface area contributed by atoms with E-state index in [1.54, 1.807) is 13.2 Å². The number of nitrogens with zero attached hydrogens (tertiary/aromatic N) is 4. The van der Waals surface area contributed by atoms with Gasteiger partial charge in [0, 0.05) is 61.2 Å². The second-order valence-electron chi connectivity index (χ2n) is 10.9. The molecule has 0 unspecified atom stereocenters. The predicted octanol–water partition coefficient (Wildman–Crippen LogP) is 4.70. The highest BCUT2D eigenvalue weighted by Gasteiger charge is 2.44. The number of halogens is 1. The molecule has 6 rings (SSSR count). The van der Waals surface area contributed by atoms with Crippen LogP contribution in [0.4, 0.5) is 4.39 Å². The Hall–Kier alpha value is -3.06. The van der Waals surface area contributed by atoms with Gasteiger partial charge in [0.2, 0.25) is 5.91 Å². The second-order valence-corrected chi connectivity index (χ2v) is 10.9.